The van der Waals surface area contributed by atoms with E-state index >= 15 is 0 Å². The molecule has 1 aliphatic heterocycles. The monoisotopic (exact) mass is 274 g/mol. The number of para-hydroxylation sites is 2. The van der Waals surface area contributed by atoms with Gasteiger partial charge in [0.15, 0.2) is 0 Å². The average Bonchev–Trinajstić information content (AvgIpc) is 2.78. The molecule has 0 saturated heterocycles. The second-order valence-electron chi connectivity index (χ2n) is 5.62. The van der Waals surface area contributed by atoms with Crippen LogP contribution in [0.2, 0.25) is 0 Å². The molecule has 0 bridgehead atoms. The van der Waals surface area contributed by atoms with Crippen LogP contribution in [0.25, 0.3) is 16.6 Å². The maximum absolute atomic E-state index is 3.89. The summed E-state index contributed by atoms with van der Waals surface area (Å²) < 4.78 is 2.41. The first-order valence-corrected chi connectivity index (χ1v) is 7.38. The normalized spacial score (nSPS) is 14.5. The van der Waals surface area contributed by atoms with Crippen LogP contribution in [0.1, 0.15) is 11.3 Å². The number of fused-ring (bicyclic) bond motifs is 5. The zero-order valence-corrected chi connectivity index (χ0v) is 12.0. The van der Waals surface area contributed by atoms with Gasteiger partial charge in [0.1, 0.15) is 0 Å². The molecule has 0 unspecified atom stereocenters. The highest BCUT2D eigenvalue weighted by atomic mass is 15.2. The second kappa shape index (κ2) is 4.90. The summed E-state index contributed by atoms with van der Waals surface area (Å²) in [4.78, 5) is 2.43. The van der Waals surface area contributed by atoms with Crippen molar-refractivity contribution in [3.8, 4) is 5.69 Å². The van der Waals surface area contributed by atoms with Gasteiger partial charge in [-0.25, -0.2) is 0 Å². The van der Waals surface area contributed by atoms with Crippen molar-refractivity contribution < 1.29 is 0 Å². The van der Waals surface area contributed by atoms with Crippen LogP contribution in [0, 0.1) is 0 Å². The lowest BCUT2D eigenvalue weighted by atomic mass is 10.1. The zero-order valence-electron chi connectivity index (χ0n) is 12.0. The van der Waals surface area contributed by atoms with E-state index in [1.54, 1.807) is 0 Å². The van der Waals surface area contributed by atoms with Crippen LogP contribution in [0.3, 0.4) is 0 Å². The summed E-state index contributed by atoms with van der Waals surface area (Å²) in [6, 6.07) is 19.6. The fourth-order valence-electron chi connectivity index (χ4n) is 3.31. The van der Waals surface area contributed by atoms with Gasteiger partial charge in [0.25, 0.3) is 0 Å². The minimum atomic E-state index is 0.913. The van der Waals surface area contributed by atoms with Gasteiger partial charge < -0.3 is 4.57 Å². The predicted molar refractivity (Wildman–Crippen MR) is 87.6 cm³/mol. The van der Waals surface area contributed by atoms with Crippen molar-refractivity contribution in [1.82, 2.24) is 9.47 Å². The van der Waals surface area contributed by atoms with Gasteiger partial charge in [-0.2, -0.15) is 0 Å². The standard InChI is InChI=1S/C19H18N2/c1-2-11-20-13-16-8-4-6-10-19(16)21-17(14-20)12-15-7-3-5-9-18(15)21/h2-10,12H,1,11,13-14H2. The fourth-order valence-corrected chi connectivity index (χ4v) is 3.31. The van der Waals surface area contributed by atoms with Gasteiger partial charge in [-0.3, -0.25) is 4.90 Å². The van der Waals surface area contributed by atoms with Crippen molar-refractivity contribution in [1.29, 1.82) is 0 Å². The molecule has 2 nitrogen and oxygen atoms in total. The molecule has 0 spiro atoms. The Morgan fingerprint density at radius 3 is 2.71 bits per heavy atom. The molecule has 0 N–H and O–H groups in total. The van der Waals surface area contributed by atoms with Gasteiger partial charge in [-0.1, -0.05) is 42.5 Å². The van der Waals surface area contributed by atoms with E-state index < -0.39 is 0 Å². The minimum Gasteiger partial charge on any atom is -0.312 e. The molecule has 0 atom stereocenters. The molecule has 2 heteroatoms. The molecular weight excluding hydrogens is 256 g/mol. The summed E-state index contributed by atoms with van der Waals surface area (Å²) in [5, 5.41) is 1.31. The molecule has 4 rings (SSSR count). The van der Waals surface area contributed by atoms with Gasteiger partial charge >= 0.3 is 0 Å². The third kappa shape index (κ3) is 1.99. The molecule has 1 aliphatic rings. The van der Waals surface area contributed by atoms with Crippen LogP contribution in [-0.2, 0) is 13.1 Å². The molecule has 2 aromatic carbocycles. The highest BCUT2D eigenvalue weighted by molar-refractivity contribution is 5.83. The molecule has 0 fully saturated rings. The Balaban J connectivity index is 2.00. The zero-order chi connectivity index (χ0) is 14.2. The molecule has 0 amide bonds. The van der Waals surface area contributed by atoms with E-state index in [0.29, 0.717) is 0 Å². The number of nitrogens with zero attached hydrogens (tertiary/aromatic N) is 2. The van der Waals surface area contributed by atoms with Gasteiger partial charge in [-0.05, 0) is 23.8 Å². The van der Waals surface area contributed by atoms with Crippen molar-refractivity contribution in [3.63, 3.8) is 0 Å². The highest BCUT2D eigenvalue weighted by Crippen LogP contribution is 2.30. The molecule has 3 aromatic rings. The van der Waals surface area contributed by atoms with Crippen LogP contribution in [0.4, 0.5) is 0 Å². The largest absolute Gasteiger partial charge is 0.312 e. The van der Waals surface area contributed by atoms with Gasteiger partial charge in [0, 0.05) is 30.7 Å². The Kier molecular flexibility index (Phi) is 2.90. The van der Waals surface area contributed by atoms with E-state index in [2.05, 4.69) is 70.6 Å². The van der Waals surface area contributed by atoms with Gasteiger partial charge in [0.2, 0.25) is 0 Å². The lowest BCUT2D eigenvalue weighted by molar-refractivity contribution is 0.287. The number of hydrogen-bond donors (Lipinski definition) is 0. The summed E-state index contributed by atoms with van der Waals surface area (Å²) >= 11 is 0. The summed E-state index contributed by atoms with van der Waals surface area (Å²) in [5.74, 6) is 0. The van der Waals surface area contributed by atoms with Crippen LogP contribution < -0.4 is 0 Å². The summed E-state index contributed by atoms with van der Waals surface area (Å²) in [6.45, 7) is 6.73. The molecular formula is C19H18N2. The Labute approximate surface area is 124 Å². The molecule has 104 valence electrons. The number of benzene rings is 2. The van der Waals surface area contributed by atoms with E-state index in [9.17, 15) is 0 Å². The smallest absolute Gasteiger partial charge is 0.0532 e. The topological polar surface area (TPSA) is 8.17 Å². The molecule has 0 saturated carbocycles. The maximum atomic E-state index is 3.89. The second-order valence-corrected chi connectivity index (χ2v) is 5.62. The summed E-state index contributed by atoms with van der Waals surface area (Å²) in [5.41, 5.74) is 5.32. The van der Waals surface area contributed by atoms with Gasteiger partial charge in [-0.15, -0.1) is 6.58 Å². The third-order valence-corrected chi connectivity index (χ3v) is 4.19. The molecule has 0 aliphatic carbocycles. The third-order valence-electron chi connectivity index (χ3n) is 4.19. The number of hydrogen-bond acceptors (Lipinski definition) is 1. The molecule has 1 aromatic heterocycles. The molecule has 21 heavy (non-hydrogen) atoms. The van der Waals surface area contributed by atoms with Crippen LogP contribution in [-0.4, -0.2) is 16.0 Å². The lowest BCUT2D eigenvalue weighted by Crippen LogP contribution is -2.21. The van der Waals surface area contributed by atoms with Crippen molar-refractivity contribution in [3.05, 3.63) is 78.5 Å². The van der Waals surface area contributed by atoms with Gasteiger partial charge in [0.05, 0.1) is 11.2 Å². The van der Waals surface area contributed by atoms with Crippen molar-refractivity contribution in [2.75, 3.05) is 6.54 Å². The van der Waals surface area contributed by atoms with E-state index in [1.165, 1.54) is 27.8 Å². The number of rotatable bonds is 2. The first kappa shape index (κ1) is 12.4. The summed E-state index contributed by atoms with van der Waals surface area (Å²) in [7, 11) is 0. The average molecular weight is 274 g/mol. The van der Waals surface area contributed by atoms with E-state index in [-0.39, 0.29) is 0 Å². The molecule has 2 heterocycles. The van der Waals surface area contributed by atoms with Crippen LogP contribution in [0.5, 0.6) is 0 Å². The Morgan fingerprint density at radius 2 is 1.81 bits per heavy atom. The van der Waals surface area contributed by atoms with Crippen molar-refractivity contribution >= 4 is 10.9 Å². The van der Waals surface area contributed by atoms with Crippen molar-refractivity contribution in [2.45, 2.75) is 13.1 Å². The van der Waals surface area contributed by atoms with E-state index in [1.807, 2.05) is 6.08 Å². The Bertz CT molecular complexity index is 813. The Hall–Kier alpha value is -2.32. The lowest BCUT2D eigenvalue weighted by Gasteiger charge is -2.17. The SMILES string of the molecule is C=CCN1Cc2ccccc2-n2c(cc3ccccc32)C1. The predicted octanol–water partition coefficient (Wildman–Crippen LogP) is 4.13. The van der Waals surface area contributed by atoms with E-state index in [0.717, 1.165) is 19.6 Å². The van der Waals surface area contributed by atoms with E-state index in [4.69, 9.17) is 0 Å². The Morgan fingerprint density at radius 1 is 1.00 bits per heavy atom. The van der Waals surface area contributed by atoms with Crippen LogP contribution >= 0.6 is 0 Å². The highest BCUT2D eigenvalue weighted by Gasteiger charge is 2.20. The first-order chi connectivity index (χ1) is 10.4. The van der Waals surface area contributed by atoms with Crippen LogP contribution in [0.15, 0.2) is 67.3 Å². The minimum absolute atomic E-state index is 0.913. The fraction of sp³-hybridized carbons (Fsp3) is 0.158. The molecule has 0 radical (unpaired) electrons. The first-order valence-electron chi connectivity index (χ1n) is 7.38. The number of aromatic nitrogens is 1. The summed E-state index contributed by atoms with van der Waals surface area (Å²) in [6.07, 6.45) is 1.99. The maximum Gasteiger partial charge on any atom is 0.0532 e. The van der Waals surface area contributed by atoms with Crippen molar-refractivity contribution in [2.24, 2.45) is 0 Å². The quantitative estimate of drug-likeness (QED) is 0.638.